The van der Waals surface area contributed by atoms with Crippen molar-refractivity contribution in [2.24, 2.45) is 15.9 Å². The first-order valence-electron chi connectivity index (χ1n) is 5.88. The van der Waals surface area contributed by atoms with Crippen LogP contribution in [0.3, 0.4) is 0 Å². The van der Waals surface area contributed by atoms with E-state index in [-0.39, 0.29) is 17.9 Å². The summed E-state index contributed by atoms with van der Waals surface area (Å²) in [5.74, 6) is 0.150. The summed E-state index contributed by atoms with van der Waals surface area (Å²) in [7, 11) is 2.90. The fourth-order valence-corrected chi connectivity index (χ4v) is 1.83. The van der Waals surface area contributed by atoms with Gasteiger partial charge in [-0.3, -0.25) is 4.79 Å². The summed E-state index contributed by atoms with van der Waals surface area (Å²) in [6, 6.07) is -0.299. The van der Waals surface area contributed by atoms with Crippen LogP contribution in [0.1, 0.15) is 20.8 Å². The van der Waals surface area contributed by atoms with Gasteiger partial charge in [0, 0.05) is 0 Å². The molecule has 0 fully saturated rings. The van der Waals surface area contributed by atoms with E-state index in [4.69, 9.17) is 15.0 Å². The number of methoxy groups -OCH3 is 2. The molecule has 0 aromatic heterocycles. The van der Waals surface area contributed by atoms with Gasteiger partial charge in [-0.1, -0.05) is 13.8 Å². The first-order valence-corrected chi connectivity index (χ1v) is 5.88. The van der Waals surface area contributed by atoms with E-state index in [0.717, 1.165) is 6.21 Å². The van der Waals surface area contributed by atoms with Crippen LogP contribution in [0, 0.1) is 5.92 Å². The Balaban J connectivity index is 3.33. The van der Waals surface area contributed by atoms with E-state index in [2.05, 4.69) is 14.8 Å². The predicted octanol–water partition coefficient (Wildman–Crippen LogP) is 0.743. The van der Waals surface area contributed by atoms with Crippen molar-refractivity contribution in [3.63, 3.8) is 0 Å². The van der Waals surface area contributed by atoms with Gasteiger partial charge < -0.3 is 15.0 Å². The van der Waals surface area contributed by atoms with Gasteiger partial charge in [-0.25, -0.2) is 9.98 Å². The Morgan fingerprint density at radius 3 is 2.53 bits per heavy atom. The number of hydrogen-bond donors (Lipinski definition) is 0. The number of Topliss-reactive ketones (excluding diaryl/α,β-unsaturated/α-hetero) is 1. The molecule has 1 aliphatic rings. The second-order valence-corrected chi connectivity index (χ2v) is 4.66. The van der Waals surface area contributed by atoms with E-state index in [1.54, 1.807) is 0 Å². The molecule has 0 bridgehead atoms. The molecule has 0 radical (unpaired) electrons. The number of ketones is 1. The zero-order chi connectivity index (χ0) is 14.6. The largest absolute Gasteiger partial charge is 0.483 e. The Hall–Kier alpha value is -2.01. The van der Waals surface area contributed by atoms with Crippen LogP contribution in [0.5, 0.6) is 0 Å². The van der Waals surface area contributed by atoms with Crippen molar-refractivity contribution in [2.45, 2.75) is 32.4 Å². The maximum atomic E-state index is 12.0. The fourth-order valence-electron chi connectivity index (χ4n) is 1.83. The minimum Gasteiger partial charge on any atom is -0.483 e. The molecule has 0 spiro atoms. The molecule has 1 heterocycles. The monoisotopic (exact) mass is 266 g/mol. The molecule has 0 aromatic carbocycles. The number of carbonyl (C=O) groups excluding carboxylic acids is 1. The van der Waals surface area contributed by atoms with Gasteiger partial charge >= 0.3 is 6.21 Å². The van der Waals surface area contributed by atoms with Gasteiger partial charge in [-0.05, 0) is 12.8 Å². The lowest BCUT2D eigenvalue weighted by Crippen LogP contribution is -2.50. The van der Waals surface area contributed by atoms with E-state index in [0.29, 0.717) is 5.90 Å². The quantitative estimate of drug-likeness (QED) is 0.428. The molecule has 7 heteroatoms. The molecule has 0 aromatic rings. The van der Waals surface area contributed by atoms with Crippen LogP contribution in [0.4, 0.5) is 0 Å². The van der Waals surface area contributed by atoms with E-state index in [1.165, 1.54) is 21.1 Å². The Morgan fingerprint density at radius 1 is 1.47 bits per heavy atom. The zero-order valence-electron chi connectivity index (χ0n) is 11.7. The van der Waals surface area contributed by atoms with E-state index >= 15 is 0 Å². The molecule has 0 unspecified atom stereocenters. The Kier molecular flexibility index (Phi) is 4.56. The fraction of sp³-hybridized carbons (Fsp3) is 0.667. The molecule has 0 N–H and O–H groups in total. The Bertz CT molecular complexity index is 477. The van der Waals surface area contributed by atoms with Crippen molar-refractivity contribution < 1.29 is 19.1 Å². The Labute approximate surface area is 112 Å². The van der Waals surface area contributed by atoms with Crippen LogP contribution in [0.2, 0.25) is 0 Å². The van der Waals surface area contributed by atoms with E-state index in [9.17, 15) is 4.79 Å². The normalized spacial score (nSPS) is 26.1. The van der Waals surface area contributed by atoms with E-state index in [1.807, 2.05) is 13.8 Å². The van der Waals surface area contributed by atoms with Gasteiger partial charge in [0.2, 0.25) is 17.3 Å². The maximum Gasteiger partial charge on any atom is 0.326 e. The lowest BCUT2D eigenvalue weighted by atomic mass is 9.93. The molecule has 0 saturated carbocycles. The van der Waals surface area contributed by atoms with Gasteiger partial charge in [0.1, 0.15) is 6.04 Å². The molecule has 0 saturated heterocycles. The van der Waals surface area contributed by atoms with Gasteiger partial charge in [0.15, 0.2) is 0 Å². The lowest BCUT2D eigenvalue weighted by molar-refractivity contribution is -0.118. The SMILES string of the molecule is COC1=N[C@@](C)(C(=O)C=[N+]=[N-])C(OC)=N[C@@H]1C(C)C. The van der Waals surface area contributed by atoms with Crippen molar-refractivity contribution >= 4 is 23.8 Å². The van der Waals surface area contributed by atoms with Crippen molar-refractivity contribution in [1.82, 2.24) is 0 Å². The first kappa shape index (κ1) is 15.0. The second-order valence-electron chi connectivity index (χ2n) is 4.66. The smallest absolute Gasteiger partial charge is 0.326 e. The summed E-state index contributed by atoms with van der Waals surface area (Å²) >= 11 is 0. The van der Waals surface area contributed by atoms with Crippen LogP contribution in [0.25, 0.3) is 5.53 Å². The van der Waals surface area contributed by atoms with E-state index < -0.39 is 11.3 Å². The van der Waals surface area contributed by atoms with Gasteiger partial charge in [-0.15, -0.1) is 0 Å². The minimum atomic E-state index is -1.36. The number of ether oxygens (including phenoxy) is 2. The molecule has 2 atom stereocenters. The van der Waals surface area contributed by atoms with Crippen molar-refractivity contribution in [3.05, 3.63) is 5.53 Å². The van der Waals surface area contributed by atoms with Crippen LogP contribution >= 0.6 is 0 Å². The summed E-state index contributed by atoms with van der Waals surface area (Å²) in [5.41, 5.74) is 7.13. The first-order chi connectivity index (χ1) is 8.90. The molecular formula is C12H18N4O3. The summed E-state index contributed by atoms with van der Waals surface area (Å²) in [5, 5.41) is 0. The summed E-state index contributed by atoms with van der Waals surface area (Å²) in [6.45, 7) is 5.47. The van der Waals surface area contributed by atoms with Crippen LogP contribution < -0.4 is 0 Å². The third kappa shape index (κ3) is 2.71. The topological polar surface area (TPSA) is 96.7 Å². The lowest BCUT2D eigenvalue weighted by Gasteiger charge is -2.31. The highest BCUT2D eigenvalue weighted by molar-refractivity contribution is 6.36. The van der Waals surface area contributed by atoms with Gasteiger partial charge in [0.05, 0.1) is 14.2 Å². The molecule has 0 amide bonds. The highest BCUT2D eigenvalue weighted by Crippen LogP contribution is 2.25. The summed E-state index contributed by atoms with van der Waals surface area (Å²) < 4.78 is 10.4. The minimum absolute atomic E-state index is 0.148. The zero-order valence-corrected chi connectivity index (χ0v) is 11.7. The highest BCUT2D eigenvalue weighted by atomic mass is 16.5. The number of carbonyl (C=O) groups is 1. The van der Waals surface area contributed by atoms with Crippen LogP contribution in [0.15, 0.2) is 9.98 Å². The number of rotatable bonds is 3. The van der Waals surface area contributed by atoms with Gasteiger partial charge in [0.25, 0.3) is 5.78 Å². The third-order valence-corrected chi connectivity index (χ3v) is 2.95. The van der Waals surface area contributed by atoms with Crippen LogP contribution in [-0.4, -0.2) is 54.4 Å². The Morgan fingerprint density at radius 2 is 2.11 bits per heavy atom. The number of hydrogen-bond acceptors (Lipinski definition) is 5. The number of nitrogens with zero attached hydrogens (tertiary/aromatic N) is 4. The average molecular weight is 266 g/mol. The molecule has 1 rings (SSSR count). The van der Waals surface area contributed by atoms with Crippen LogP contribution in [-0.2, 0) is 14.3 Å². The standard InChI is InChI=1S/C12H18N4O3/c1-7(2)9-10(18-4)16-12(3,8(17)6-14-13)11(15-9)19-5/h6-7,9H,1-5H3/t9-,12+/m1/s1. The highest BCUT2D eigenvalue weighted by Gasteiger charge is 2.46. The molecule has 104 valence electrons. The molecular weight excluding hydrogens is 248 g/mol. The van der Waals surface area contributed by atoms with Crippen molar-refractivity contribution in [1.29, 1.82) is 0 Å². The maximum absolute atomic E-state index is 12.0. The second kappa shape index (κ2) is 5.75. The van der Waals surface area contributed by atoms with Gasteiger partial charge in [-0.2, -0.15) is 4.79 Å². The summed E-state index contributed by atoms with van der Waals surface area (Å²) in [6.07, 6.45) is 0.779. The molecule has 19 heavy (non-hydrogen) atoms. The average Bonchev–Trinajstić information content (AvgIpc) is 2.38. The predicted molar refractivity (Wildman–Crippen MR) is 70.6 cm³/mol. The van der Waals surface area contributed by atoms with Crippen molar-refractivity contribution in [2.75, 3.05) is 14.2 Å². The third-order valence-electron chi connectivity index (χ3n) is 2.95. The molecule has 7 nitrogen and oxygen atoms in total. The van der Waals surface area contributed by atoms with Crippen molar-refractivity contribution in [3.8, 4) is 0 Å². The molecule has 0 aliphatic carbocycles. The summed E-state index contributed by atoms with van der Waals surface area (Å²) in [4.78, 5) is 23.4. The number of aliphatic imine (C=N–C) groups is 2. The molecule has 1 aliphatic heterocycles.